The number of nitrogens with zero attached hydrogens (tertiary/aromatic N) is 1. The van der Waals surface area contributed by atoms with Crippen LogP contribution in [0, 0.1) is 11.3 Å². The van der Waals surface area contributed by atoms with E-state index >= 15 is 0 Å². The van der Waals surface area contributed by atoms with E-state index in [1.165, 1.54) is 0 Å². The lowest BCUT2D eigenvalue weighted by Gasteiger charge is -2.16. The number of H-pyrrole nitrogens is 1. The third-order valence-electron chi connectivity index (χ3n) is 6.19. The van der Waals surface area contributed by atoms with Gasteiger partial charge in [0, 0.05) is 35.2 Å². The number of benzene rings is 4. The molecule has 4 aromatic carbocycles. The van der Waals surface area contributed by atoms with Crippen molar-refractivity contribution in [3.63, 3.8) is 0 Å². The number of methoxy groups -OCH3 is 1. The highest BCUT2D eigenvalue weighted by Crippen LogP contribution is 2.40. The van der Waals surface area contributed by atoms with Crippen molar-refractivity contribution in [1.29, 1.82) is 5.26 Å². The van der Waals surface area contributed by atoms with Gasteiger partial charge >= 0.3 is 0 Å². The Balaban J connectivity index is 1.50. The minimum Gasteiger partial charge on any atom is -0.487 e. The van der Waals surface area contributed by atoms with Gasteiger partial charge in [-0.25, -0.2) is 0 Å². The molecule has 0 atom stereocenters. The first kappa shape index (κ1) is 25.1. The smallest absolute Gasteiger partial charge is 0.189 e. The Bertz CT molecular complexity index is 1540. The van der Waals surface area contributed by atoms with E-state index in [4.69, 9.17) is 18.9 Å². The largest absolute Gasteiger partial charge is 0.487 e. The zero-order valence-electron chi connectivity index (χ0n) is 21.1. The van der Waals surface area contributed by atoms with Gasteiger partial charge < -0.3 is 23.9 Å². The van der Waals surface area contributed by atoms with Gasteiger partial charge in [-0.3, -0.25) is 0 Å². The number of rotatable bonds is 11. The molecule has 5 aromatic rings. The van der Waals surface area contributed by atoms with E-state index in [0.29, 0.717) is 36.9 Å². The van der Waals surface area contributed by atoms with Crippen LogP contribution in [-0.4, -0.2) is 32.1 Å². The molecule has 6 heteroatoms. The number of hydrogen-bond donors (Lipinski definition) is 1. The van der Waals surface area contributed by atoms with Gasteiger partial charge in [0.2, 0.25) is 0 Å². The van der Waals surface area contributed by atoms with E-state index in [9.17, 15) is 5.26 Å². The molecule has 6 nitrogen and oxygen atoms in total. The van der Waals surface area contributed by atoms with E-state index in [1.54, 1.807) is 7.11 Å². The molecule has 5 rings (SSSR count). The number of nitriles is 1. The Morgan fingerprint density at radius 2 is 1.55 bits per heavy atom. The van der Waals surface area contributed by atoms with Gasteiger partial charge in [-0.1, -0.05) is 72.8 Å². The lowest BCUT2D eigenvalue weighted by molar-refractivity contribution is -0.00797. The fraction of sp³-hybridized carbons (Fsp3) is 0.156. The summed E-state index contributed by atoms with van der Waals surface area (Å²) in [5, 5.41) is 10.7. The molecule has 0 saturated heterocycles. The highest BCUT2D eigenvalue weighted by Gasteiger charge is 2.17. The first-order valence-corrected chi connectivity index (χ1v) is 12.4. The van der Waals surface area contributed by atoms with E-state index in [1.807, 2.05) is 84.9 Å². The van der Waals surface area contributed by atoms with E-state index < -0.39 is 0 Å². The van der Waals surface area contributed by atoms with Crippen LogP contribution in [0.3, 0.4) is 0 Å². The molecule has 0 saturated carbocycles. The maximum absolute atomic E-state index is 9.78. The Morgan fingerprint density at radius 1 is 0.789 bits per heavy atom. The molecule has 1 N–H and O–H groups in total. The number of aromatic nitrogens is 1. The lowest BCUT2D eigenvalue weighted by Crippen LogP contribution is -2.09. The zero-order chi connectivity index (χ0) is 26.2. The van der Waals surface area contributed by atoms with Crippen molar-refractivity contribution in [3.8, 4) is 40.0 Å². The second-order valence-electron chi connectivity index (χ2n) is 8.72. The van der Waals surface area contributed by atoms with E-state index in [-0.39, 0.29) is 6.79 Å². The topological polar surface area (TPSA) is 76.5 Å². The Hall–Kier alpha value is -4.57. The molecule has 0 spiro atoms. The summed E-state index contributed by atoms with van der Waals surface area (Å²) in [6, 6.07) is 34.1. The van der Waals surface area contributed by atoms with Gasteiger partial charge in [-0.05, 0) is 29.3 Å². The monoisotopic (exact) mass is 504 g/mol. The summed E-state index contributed by atoms with van der Waals surface area (Å²) in [6.45, 7) is 1.41. The van der Waals surface area contributed by atoms with Crippen molar-refractivity contribution in [3.05, 3.63) is 108 Å². The molecular weight excluding hydrogens is 476 g/mol. The summed E-state index contributed by atoms with van der Waals surface area (Å²) in [7, 11) is 1.64. The molecule has 38 heavy (non-hydrogen) atoms. The predicted molar refractivity (Wildman–Crippen MR) is 148 cm³/mol. The molecule has 1 heterocycles. The van der Waals surface area contributed by atoms with Crippen LogP contribution < -0.4 is 9.47 Å². The SMILES string of the molecule is COCCOCOc1c(-c2ccccc2)cccc1-c1cc2cc(C#N)c(OCc3ccccc3)cc2[nH]1. The number of fused-ring (bicyclic) bond motifs is 1. The molecular formula is C32H28N2O4. The standard InChI is InChI=1S/C32H28N2O4/c1-35-15-16-36-22-38-32-27(24-11-6-3-7-12-24)13-8-14-28(32)30-18-25-17-26(20-33)31(19-29(25)34-30)37-21-23-9-4-2-5-10-23/h2-14,17-19,34H,15-16,21-22H2,1H3. The number of para-hydroxylation sites is 1. The van der Waals surface area contributed by atoms with Crippen LogP contribution in [0.15, 0.2) is 97.1 Å². The summed E-state index contributed by atoms with van der Waals surface area (Å²) < 4.78 is 22.9. The minimum absolute atomic E-state index is 0.0937. The second kappa shape index (κ2) is 12.1. The van der Waals surface area contributed by atoms with Crippen molar-refractivity contribution in [2.45, 2.75) is 6.61 Å². The molecule has 1 aromatic heterocycles. The summed E-state index contributed by atoms with van der Waals surface area (Å²) in [5.74, 6) is 1.25. The number of nitrogens with one attached hydrogen (secondary N) is 1. The highest BCUT2D eigenvalue weighted by atomic mass is 16.7. The summed E-state index contributed by atoms with van der Waals surface area (Å²) >= 11 is 0. The van der Waals surface area contributed by atoms with Crippen LogP contribution in [-0.2, 0) is 16.1 Å². The molecule has 0 unspecified atom stereocenters. The van der Waals surface area contributed by atoms with Crippen LogP contribution in [0.1, 0.15) is 11.1 Å². The highest BCUT2D eigenvalue weighted by molar-refractivity contribution is 5.91. The molecule has 0 radical (unpaired) electrons. The Morgan fingerprint density at radius 3 is 2.32 bits per heavy atom. The Kier molecular flexibility index (Phi) is 8.00. The number of hydrogen-bond acceptors (Lipinski definition) is 5. The first-order valence-electron chi connectivity index (χ1n) is 12.4. The van der Waals surface area contributed by atoms with Gasteiger partial charge in [-0.15, -0.1) is 0 Å². The van der Waals surface area contributed by atoms with Crippen molar-refractivity contribution in [2.24, 2.45) is 0 Å². The van der Waals surface area contributed by atoms with Crippen LogP contribution in [0.4, 0.5) is 0 Å². The summed E-state index contributed by atoms with van der Waals surface area (Å²) in [5.41, 5.74) is 6.16. The van der Waals surface area contributed by atoms with Crippen molar-refractivity contribution < 1.29 is 18.9 Å². The predicted octanol–water partition coefficient (Wildman–Crippen LogP) is 6.95. The number of ether oxygens (including phenoxy) is 4. The second-order valence-corrected chi connectivity index (χ2v) is 8.72. The summed E-state index contributed by atoms with van der Waals surface area (Å²) in [6.07, 6.45) is 0. The third kappa shape index (κ3) is 5.70. The lowest BCUT2D eigenvalue weighted by atomic mass is 10.00. The van der Waals surface area contributed by atoms with Crippen molar-refractivity contribution in [2.75, 3.05) is 27.1 Å². The third-order valence-corrected chi connectivity index (χ3v) is 6.19. The first-order chi connectivity index (χ1) is 18.8. The maximum atomic E-state index is 9.78. The molecule has 0 aliphatic heterocycles. The normalized spacial score (nSPS) is 10.8. The fourth-order valence-electron chi connectivity index (χ4n) is 4.30. The van der Waals surface area contributed by atoms with Gasteiger partial charge in [0.25, 0.3) is 0 Å². The fourth-order valence-corrected chi connectivity index (χ4v) is 4.30. The zero-order valence-corrected chi connectivity index (χ0v) is 21.1. The van der Waals surface area contributed by atoms with Crippen LogP contribution >= 0.6 is 0 Å². The van der Waals surface area contributed by atoms with Gasteiger partial charge in [0.05, 0.1) is 24.5 Å². The quantitative estimate of drug-likeness (QED) is 0.156. The van der Waals surface area contributed by atoms with Gasteiger partial charge in [-0.2, -0.15) is 5.26 Å². The summed E-state index contributed by atoms with van der Waals surface area (Å²) in [4.78, 5) is 3.50. The van der Waals surface area contributed by atoms with Gasteiger partial charge in [0.1, 0.15) is 24.2 Å². The average Bonchev–Trinajstić information content (AvgIpc) is 3.39. The molecule has 0 bridgehead atoms. The minimum atomic E-state index is 0.0937. The Labute approximate surface area is 222 Å². The van der Waals surface area contributed by atoms with Crippen molar-refractivity contribution in [1.82, 2.24) is 4.98 Å². The van der Waals surface area contributed by atoms with Crippen LogP contribution in [0.2, 0.25) is 0 Å². The van der Waals surface area contributed by atoms with Gasteiger partial charge in [0.15, 0.2) is 6.79 Å². The molecule has 0 fully saturated rings. The molecule has 0 aliphatic rings. The number of aromatic amines is 1. The molecule has 190 valence electrons. The van der Waals surface area contributed by atoms with Crippen LogP contribution in [0.25, 0.3) is 33.3 Å². The maximum Gasteiger partial charge on any atom is 0.189 e. The van der Waals surface area contributed by atoms with Crippen molar-refractivity contribution >= 4 is 10.9 Å². The van der Waals surface area contributed by atoms with E-state index in [0.717, 1.165) is 38.9 Å². The van der Waals surface area contributed by atoms with Crippen LogP contribution in [0.5, 0.6) is 11.5 Å². The van der Waals surface area contributed by atoms with E-state index in [2.05, 4.69) is 23.2 Å². The molecule has 0 amide bonds. The molecule has 0 aliphatic carbocycles. The average molecular weight is 505 g/mol.